The van der Waals surface area contributed by atoms with E-state index in [0.29, 0.717) is 23.2 Å². The summed E-state index contributed by atoms with van der Waals surface area (Å²) in [5.74, 6) is 0.684. The Bertz CT molecular complexity index is 606. The molecule has 116 valence electrons. The predicted molar refractivity (Wildman–Crippen MR) is 83.8 cm³/mol. The number of ether oxygens (including phenoxy) is 1. The fraction of sp³-hybridized carbons (Fsp3) is 0.600. The standard InChI is InChI=1S/C15H20ClNO3S/c1-11-6-8-15(9-7-11)10-20-14(15)21(18,19)17-13-4-2-12(16)3-5-13/h2-5,11,14,17H,6-10H2,1H3. The number of sulfonamides is 1. The van der Waals surface area contributed by atoms with Crippen molar-refractivity contribution in [3.63, 3.8) is 0 Å². The molecular formula is C15H20ClNO3S. The molecule has 1 N–H and O–H groups in total. The SMILES string of the molecule is CC1CCC2(CC1)COC2S(=O)(=O)Nc1ccc(Cl)cc1. The van der Waals surface area contributed by atoms with Gasteiger partial charge in [-0.05, 0) is 55.9 Å². The smallest absolute Gasteiger partial charge is 0.260 e. The minimum absolute atomic E-state index is 0.190. The molecule has 3 rings (SSSR count). The number of benzene rings is 1. The quantitative estimate of drug-likeness (QED) is 0.921. The van der Waals surface area contributed by atoms with Gasteiger partial charge in [-0.25, -0.2) is 8.42 Å². The van der Waals surface area contributed by atoms with Crippen molar-refractivity contribution in [2.45, 2.75) is 38.0 Å². The Labute approximate surface area is 130 Å². The first-order valence-corrected chi connectivity index (χ1v) is 9.23. The van der Waals surface area contributed by atoms with E-state index in [-0.39, 0.29) is 5.41 Å². The summed E-state index contributed by atoms with van der Waals surface area (Å²) in [6, 6.07) is 6.65. The zero-order valence-corrected chi connectivity index (χ0v) is 13.6. The Morgan fingerprint density at radius 1 is 1.24 bits per heavy atom. The van der Waals surface area contributed by atoms with E-state index >= 15 is 0 Å². The van der Waals surface area contributed by atoms with Gasteiger partial charge in [-0.15, -0.1) is 0 Å². The van der Waals surface area contributed by atoms with Crippen molar-refractivity contribution in [2.24, 2.45) is 11.3 Å². The van der Waals surface area contributed by atoms with Crippen LogP contribution in [-0.4, -0.2) is 20.5 Å². The number of halogens is 1. The molecule has 2 aliphatic rings. The molecule has 21 heavy (non-hydrogen) atoms. The molecule has 0 bridgehead atoms. The second-order valence-electron chi connectivity index (χ2n) is 6.34. The van der Waals surface area contributed by atoms with E-state index in [1.54, 1.807) is 24.3 Å². The van der Waals surface area contributed by atoms with Gasteiger partial charge in [0.25, 0.3) is 10.0 Å². The van der Waals surface area contributed by atoms with E-state index in [1.165, 1.54) is 0 Å². The van der Waals surface area contributed by atoms with Gasteiger partial charge in [0, 0.05) is 16.1 Å². The zero-order valence-electron chi connectivity index (χ0n) is 12.0. The maximum Gasteiger partial charge on any atom is 0.260 e. The highest BCUT2D eigenvalue weighted by Crippen LogP contribution is 2.50. The Hall–Kier alpha value is -0.780. The van der Waals surface area contributed by atoms with Crippen LogP contribution in [0.5, 0.6) is 0 Å². The van der Waals surface area contributed by atoms with Crippen LogP contribution in [0, 0.1) is 11.3 Å². The van der Waals surface area contributed by atoms with Crippen LogP contribution < -0.4 is 4.72 Å². The van der Waals surface area contributed by atoms with Crippen LogP contribution in [0.1, 0.15) is 32.6 Å². The van der Waals surface area contributed by atoms with Crippen LogP contribution in [0.2, 0.25) is 5.02 Å². The van der Waals surface area contributed by atoms with E-state index in [2.05, 4.69) is 11.6 Å². The van der Waals surface area contributed by atoms with Gasteiger partial charge >= 0.3 is 0 Å². The molecular weight excluding hydrogens is 310 g/mol. The van der Waals surface area contributed by atoms with Gasteiger partial charge in [0.1, 0.15) is 0 Å². The minimum Gasteiger partial charge on any atom is -0.359 e. The normalized spacial score (nSPS) is 32.7. The molecule has 1 unspecified atom stereocenters. The molecule has 4 nitrogen and oxygen atoms in total. The average molecular weight is 330 g/mol. The molecule has 1 atom stereocenters. The zero-order chi connectivity index (χ0) is 15.1. The van der Waals surface area contributed by atoms with Crippen LogP contribution >= 0.6 is 11.6 Å². The van der Waals surface area contributed by atoms with Gasteiger partial charge in [-0.2, -0.15) is 0 Å². The lowest BCUT2D eigenvalue weighted by Gasteiger charge is -2.51. The van der Waals surface area contributed by atoms with Gasteiger partial charge in [0.15, 0.2) is 5.44 Å². The molecule has 0 radical (unpaired) electrons. The predicted octanol–water partition coefficient (Wildman–Crippen LogP) is 3.63. The third-order valence-corrected chi connectivity index (χ3v) is 6.65. The molecule has 1 saturated heterocycles. The van der Waals surface area contributed by atoms with Gasteiger partial charge in [0.05, 0.1) is 6.61 Å². The van der Waals surface area contributed by atoms with Crippen molar-refractivity contribution in [1.82, 2.24) is 0 Å². The summed E-state index contributed by atoms with van der Waals surface area (Å²) in [5, 5.41) is 0.579. The van der Waals surface area contributed by atoms with Crippen molar-refractivity contribution < 1.29 is 13.2 Å². The Morgan fingerprint density at radius 2 is 1.86 bits per heavy atom. The largest absolute Gasteiger partial charge is 0.359 e. The molecule has 1 spiro atoms. The first kappa shape index (κ1) is 15.1. The van der Waals surface area contributed by atoms with Crippen LogP contribution in [0.3, 0.4) is 0 Å². The maximum atomic E-state index is 12.6. The Balaban J connectivity index is 1.74. The van der Waals surface area contributed by atoms with E-state index in [4.69, 9.17) is 16.3 Å². The van der Waals surface area contributed by atoms with Crippen LogP contribution in [0.25, 0.3) is 0 Å². The molecule has 1 heterocycles. The molecule has 1 aromatic rings. The highest BCUT2D eigenvalue weighted by Gasteiger charge is 2.55. The summed E-state index contributed by atoms with van der Waals surface area (Å²) in [5.41, 5.74) is -0.396. The molecule has 2 fully saturated rings. The summed E-state index contributed by atoms with van der Waals surface area (Å²) in [6.07, 6.45) is 4.02. The van der Waals surface area contributed by atoms with E-state index in [0.717, 1.165) is 25.7 Å². The fourth-order valence-corrected chi connectivity index (χ4v) is 5.17. The monoisotopic (exact) mass is 329 g/mol. The third-order valence-electron chi connectivity index (χ3n) is 4.68. The number of hydrogen-bond acceptors (Lipinski definition) is 3. The minimum atomic E-state index is -3.53. The van der Waals surface area contributed by atoms with E-state index in [9.17, 15) is 8.42 Å². The van der Waals surface area contributed by atoms with Crippen molar-refractivity contribution in [3.8, 4) is 0 Å². The van der Waals surface area contributed by atoms with Crippen molar-refractivity contribution in [3.05, 3.63) is 29.3 Å². The Kier molecular flexibility index (Phi) is 3.93. The summed E-state index contributed by atoms with van der Waals surface area (Å²) in [7, 11) is -3.53. The lowest BCUT2D eigenvalue weighted by molar-refractivity contribution is -0.162. The van der Waals surface area contributed by atoms with Crippen LogP contribution in [0.15, 0.2) is 24.3 Å². The number of rotatable bonds is 3. The van der Waals surface area contributed by atoms with Crippen molar-refractivity contribution >= 4 is 27.3 Å². The third kappa shape index (κ3) is 2.91. The fourth-order valence-electron chi connectivity index (χ4n) is 3.26. The number of nitrogens with one attached hydrogen (secondary N) is 1. The molecule has 0 amide bonds. The highest BCUT2D eigenvalue weighted by atomic mass is 35.5. The number of hydrogen-bond donors (Lipinski definition) is 1. The number of anilines is 1. The first-order chi connectivity index (χ1) is 9.91. The van der Waals surface area contributed by atoms with Crippen molar-refractivity contribution in [1.29, 1.82) is 0 Å². The van der Waals surface area contributed by atoms with Gasteiger partial charge in [-0.3, -0.25) is 4.72 Å². The molecule has 0 aromatic heterocycles. The van der Waals surface area contributed by atoms with Gasteiger partial charge < -0.3 is 4.74 Å². The van der Waals surface area contributed by atoms with Crippen molar-refractivity contribution in [2.75, 3.05) is 11.3 Å². The second kappa shape index (κ2) is 5.45. The lowest BCUT2D eigenvalue weighted by atomic mass is 9.69. The topological polar surface area (TPSA) is 55.4 Å². The van der Waals surface area contributed by atoms with E-state index < -0.39 is 15.5 Å². The molecule has 1 aliphatic carbocycles. The van der Waals surface area contributed by atoms with Crippen LogP contribution in [-0.2, 0) is 14.8 Å². The molecule has 6 heteroatoms. The molecule has 1 aliphatic heterocycles. The molecule has 1 aromatic carbocycles. The second-order valence-corrected chi connectivity index (χ2v) is 8.50. The molecule has 1 saturated carbocycles. The Morgan fingerprint density at radius 3 is 2.38 bits per heavy atom. The average Bonchev–Trinajstić information content (AvgIpc) is 2.40. The summed E-state index contributed by atoms with van der Waals surface area (Å²) in [6.45, 7) is 2.79. The summed E-state index contributed by atoms with van der Waals surface area (Å²) in [4.78, 5) is 0. The highest BCUT2D eigenvalue weighted by molar-refractivity contribution is 7.93. The van der Waals surface area contributed by atoms with Gasteiger partial charge in [0.2, 0.25) is 0 Å². The summed E-state index contributed by atoms with van der Waals surface area (Å²) < 4.78 is 33.2. The van der Waals surface area contributed by atoms with Gasteiger partial charge in [-0.1, -0.05) is 18.5 Å². The maximum absolute atomic E-state index is 12.6. The van der Waals surface area contributed by atoms with E-state index in [1.807, 2.05) is 0 Å². The lowest BCUT2D eigenvalue weighted by Crippen LogP contribution is -2.58. The first-order valence-electron chi connectivity index (χ1n) is 7.30. The van der Waals surface area contributed by atoms with Crippen LogP contribution in [0.4, 0.5) is 5.69 Å². The summed E-state index contributed by atoms with van der Waals surface area (Å²) >= 11 is 5.81.